The van der Waals surface area contributed by atoms with Crippen molar-refractivity contribution in [2.24, 2.45) is 0 Å². The van der Waals surface area contributed by atoms with Gasteiger partial charge in [-0.2, -0.15) is 5.10 Å². The largest absolute Gasteiger partial charge is 0.288 e. The molecule has 1 heterocycles. The summed E-state index contributed by atoms with van der Waals surface area (Å²) in [6, 6.07) is 5.14. The number of nitro benzene ring substituents is 1. The molecule has 0 atom stereocenters. The van der Waals surface area contributed by atoms with Gasteiger partial charge in [0.15, 0.2) is 0 Å². The Morgan fingerprint density at radius 1 is 1.28 bits per heavy atom. The molecule has 92 valence electrons. The maximum atomic E-state index is 11.6. The Morgan fingerprint density at radius 2 is 2.00 bits per heavy atom. The molecular weight excluding hydrogens is 281 g/mol. The van der Waals surface area contributed by atoms with E-state index in [1.165, 1.54) is 18.2 Å². The summed E-state index contributed by atoms with van der Waals surface area (Å²) in [6.45, 7) is 0. The molecule has 2 aromatic rings. The molecule has 0 spiro atoms. The predicted molar refractivity (Wildman–Crippen MR) is 67.0 cm³/mol. The first kappa shape index (κ1) is 12.5. The summed E-state index contributed by atoms with van der Waals surface area (Å²) < 4.78 is 0. The van der Waals surface area contributed by atoms with Crippen LogP contribution >= 0.6 is 23.2 Å². The molecule has 1 aromatic carbocycles. The van der Waals surface area contributed by atoms with Gasteiger partial charge in [-0.1, -0.05) is 29.3 Å². The minimum atomic E-state index is -0.629. The Hall–Kier alpha value is -1.92. The van der Waals surface area contributed by atoms with E-state index >= 15 is 0 Å². The van der Waals surface area contributed by atoms with Crippen LogP contribution in [-0.4, -0.2) is 15.1 Å². The summed E-state index contributed by atoms with van der Waals surface area (Å²) >= 11 is 11.2. The molecule has 0 fully saturated rings. The van der Waals surface area contributed by atoms with Crippen molar-refractivity contribution in [1.29, 1.82) is 0 Å². The van der Waals surface area contributed by atoms with Crippen molar-refractivity contribution in [2.45, 2.75) is 0 Å². The van der Waals surface area contributed by atoms with E-state index in [0.29, 0.717) is 5.56 Å². The number of nitrogens with zero attached hydrogens (tertiary/aromatic N) is 2. The molecule has 2 rings (SSSR count). The average molecular weight is 286 g/mol. The minimum absolute atomic E-state index is 0.00542. The van der Waals surface area contributed by atoms with E-state index in [1.54, 1.807) is 0 Å². The zero-order valence-electron chi connectivity index (χ0n) is 8.68. The van der Waals surface area contributed by atoms with Crippen molar-refractivity contribution < 1.29 is 4.92 Å². The first-order valence-corrected chi connectivity index (χ1v) is 5.44. The molecule has 0 aliphatic rings. The molecule has 0 aliphatic carbocycles. The van der Waals surface area contributed by atoms with Gasteiger partial charge >= 0.3 is 0 Å². The molecule has 0 aliphatic heterocycles. The molecular formula is C10H5Cl2N3O3. The lowest BCUT2D eigenvalue weighted by molar-refractivity contribution is -0.384. The highest BCUT2D eigenvalue weighted by atomic mass is 35.5. The van der Waals surface area contributed by atoms with Gasteiger partial charge in [0.2, 0.25) is 5.43 Å². The number of nitrogens with one attached hydrogen (secondary N) is 1. The number of benzene rings is 1. The number of halogens is 2. The van der Waals surface area contributed by atoms with Crippen molar-refractivity contribution in [3.63, 3.8) is 0 Å². The molecule has 0 radical (unpaired) electrons. The standard InChI is InChI=1S/C10H5Cl2N3O3/c11-6-2-1-5(3-7(6)15(17)18)10-8(16)4-9(12)13-14-10/h1-4H,(H,13,16). The Morgan fingerprint density at radius 3 is 2.61 bits per heavy atom. The second-order valence-corrected chi connectivity index (χ2v) is 4.17. The van der Waals surface area contributed by atoms with E-state index in [2.05, 4.69) is 10.2 Å². The molecule has 0 amide bonds. The molecule has 1 N–H and O–H groups in total. The normalized spacial score (nSPS) is 10.3. The van der Waals surface area contributed by atoms with Crippen molar-refractivity contribution in [3.8, 4) is 11.3 Å². The Kier molecular flexibility index (Phi) is 3.31. The Bertz CT molecular complexity index is 684. The maximum absolute atomic E-state index is 11.6. The van der Waals surface area contributed by atoms with Crippen molar-refractivity contribution >= 4 is 28.9 Å². The van der Waals surface area contributed by atoms with Gasteiger partial charge in [-0.15, -0.1) is 0 Å². The van der Waals surface area contributed by atoms with E-state index < -0.39 is 10.4 Å². The van der Waals surface area contributed by atoms with Crippen LogP contribution in [0.15, 0.2) is 29.1 Å². The zero-order chi connectivity index (χ0) is 13.3. The lowest BCUT2D eigenvalue weighted by Gasteiger charge is -2.01. The fourth-order valence-electron chi connectivity index (χ4n) is 1.39. The number of aromatic nitrogens is 2. The van der Waals surface area contributed by atoms with E-state index in [1.807, 2.05) is 0 Å². The highest BCUT2D eigenvalue weighted by molar-refractivity contribution is 6.32. The summed E-state index contributed by atoms with van der Waals surface area (Å²) in [4.78, 5) is 21.7. The maximum Gasteiger partial charge on any atom is 0.288 e. The lowest BCUT2D eigenvalue weighted by Crippen LogP contribution is -2.07. The van der Waals surface area contributed by atoms with Crippen LogP contribution in [-0.2, 0) is 0 Å². The van der Waals surface area contributed by atoms with Gasteiger partial charge in [0, 0.05) is 17.7 Å². The van der Waals surface area contributed by atoms with Crippen molar-refractivity contribution in [3.05, 3.63) is 54.8 Å². The average Bonchev–Trinajstić information content (AvgIpc) is 2.30. The topological polar surface area (TPSA) is 88.9 Å². The second-order valence-electron chi connectivity index (χ2n) is 3.35. The molecule has 8 heteroatoms. The van der Waals surface area contributed by atoms with Gasteiger partial charge < -0.3 is 0 Å². The number of aromatic amines is 1. The molecule has 0 unspecified atom stereocenters. The first-order valence-electron chi connectivity index (χ1n) is 4.68. The quantitative estimate of drug-likeness (QED) is 0.678. The molecule has 0 saturated heterocycles. The van der Waals surface area contributed by atoms with Crippen LogP contribution in [0.25, 0.3) is 11.3 Å². The fourth-order valence-corrected chi connectivity index (χ4v) is 1.71. The van der Waals surface area contributed by atoms with E-state index in [4.69, 9.17) is 23.2 Å². The number of rotatable bonds is 2. The SMILES string of the molecule is O=c1cc(Cl)[nH]nc1-c1ccc(Cl)c([N+](=O)[O-])c1. The zero-order valence-corrected chi connectivity index (χ0v) is 10.2. The third-order valence-electron chi connectivity index (χ3n) is 2.18. The number of hydrogen-bond acceptors (Lipinski definition) is 4. The van der Waals surface area contributed by atoms with Gasteiger partial charge in [0.25, 0.3) is 5.69 Å². The van der Waals surface area contributed by atoms with Crippen LogP contribution in [0.5, 0.6) is 0 Å². The summed E-state index contributed by atoms with van der Waals surface area (Å²) in [5, 5.41) is 17.0. The van der Waals surface area contributed by atoms with Crippen LogP contribution in [0.4, 0.5) is 5.69 Å². The van der Waals surface area contributed by atoms with Gasteiger partial charge in [-0.25, -0.2) is 0 Å². The van der Waals surface area contributed by atoms with Crippen LogP contribution in [0, 0.1) is 10.1 Å². The van der Waals surface area contributed by atoms with E-state index in [9.17, 15) is 14.9 Å². The summed E-state index contributed by atoms with van der Waals surface area (Å²) in [5.74, 6) is 0. The number of nitro groups is 1. The van der Waals surface area contributed by atoms with Crippen LogP contribution in [0.1, 0.15) is 0 Å². The molecule has 1 aromatic heterocycles. The van der Waals surface area contributed by atoms with Crippen molar-refractivity contribution in [2.75, 3.05) is 0 Å². The first-order chi connectivity index (χ1) is 8.49. The molecule has 6 nitrogen and oxygen atoms in total. The predicted octanol–water partition coefficient (Wildman–Crippen LogP) is 2.65. The molecule has 0 bridgehead atoms. The van der Waals surface area contributed by atoms with Crippen LogP contribution in [0.3, 0.4) is 0 Å². The molecule has 18 heavy (non-hydrogen) atoms. The van der Waals surface area contributed by atoms with Gasteiger partial charge in [-0.3, -0.25) is 20.0 Å². The smallest absolute Gasteiger partial charge is 0.287 e. The number of hydrogen-bond donors (Lipinski definition) is 1. The van der Waals surface area contributed by atoms with Gasteiger partial charge in [-0.05, 0) is 6.07 Å². The van der Waals surface area contributed by atoms with Crippen LogP contribution in [0.2, 0.25) is 10.2 Å². The van der Waals surface area contributed by atoms with Crippen molar-refractivity contribution in [1.82, 2.24) is 10.2 Å². The fraction of sp³-hybridized carbons (Fsp3) is 0. The highest BCUT2D eigenvalue weighted by Gasteiger charge is 2.15. The monoisotopic (exact) mass is 285 g/mol. The lowest BCUT2D eigenvalue weighted by atomic mass is 10.1. The third kappa shape index (κ3) is 2.34. The van der Waals surface area contributed by atoms with Gasteiger partial charge in [0.05, 0.1) is 4.92 Å². The summed E-state index contributed by atoms with van der Waals surface area (Å²) in [7, 11) is 0. The van der Waals surface area contributed by atoms with Gasteiger partial charge in [0.1, 0.15) is 15.9 Å². The number of H-pyrrole nitrogens is 1. The minimum Gasteiger partial charge on any atom is -0.287 e. The summed E-state index contributed by atoms with van der Waals surface area (Å²) in [5.41, 5.74) is -0.385. The van der Waals surface area contributed by atoms with E-state index in [-0.39, 0.29) is 21.6 Å². The Balaban J connectivity index is 2.61. The Labute approximate surface area is 110 Å². The third-order valence-corrected chi connectivity index (χ3v) is 2.70. The summed E-state index contributed by atoms with van der Waals surface area (Å²) in [6.07, 6.45) is 0. The second kappa shape index (κ2) is 4.75. The molecule has 0 saturated carbocycles. The van der Waals surface area contributed by atoms with Crippen LogP contribution < -0.4 is 5.43 Å². The van der Waals surface area contributed by atoms with E-state index in [0.717, 1.165) is 6.07 Å². The highest BCUT2D eigenvalue weighted by Crippen LogP contribution is 2.28.